The van der Waals surface area contributed by atoms with Crippen molar-refractivity contribution in [3.63, 3.8) is 0 Å². The molecule has 0 aromatic heterocycles. The monoisotopic (exact) mass is 323 g/mol. The van der Waals surface area contributed by atoms with Gasteiger partial charge in [0.15, 0.2) is 0 Å². The van der Waals surface area contributed by atoms with Crippen LogP contribution in [0.2, 0.25) is 0 Å². The van der Waals surface area contributed by atoms with E-state index in [4.69, 9.17) is 4.74 Å². The molecule has 2 aromatic rings. The van der Waals surface area contributed by atoms with Crippen molar-refractivity contribution in [2.24, 2.45) is 0 Å². The minimum absolute atomic E-state index is 0.889. The summed E-state index contributed by atoms with van der Waals surface area (Å²) in [4.78, 5) is 0. The van der Waals surface area contributed by atoms with E-state index in [0.29, 0.717) is 0 Å². The van der Waals surface area contributed by atoms with Crippen molar-refractivity contribution < 1.29 is 4.74 Å². The topological polar surface area (TPSA) is 21.3 Å². The Morgan fingerprint density at radius 3 is 1.75 bits per heavy atom. The van der Waals surface area contributed by atoms with Gasteiger partial charge in [0.05, 0.1) is 13.2 Å². The maximum atomic E-state index is 5.01. The van der Waals surface area contributed by atoms with Crippen LogP contribution in [-0.4, -0.2) is 26.3 Å². The molecule has 1 heterocycles. The van der Waals surface area contributed by atoms with Crippen LogP contribution in [0.15, 0.2) is 55.1 Å². The molecule has 0 unspecified atom stereocenters. The van der Waals surface area contributed by atoms with Gasteiger partial charge in [0.1, 0.15) is 0 Å². The first-order valence-electron chi connectivity index (χ1n) is 8.90. The number of benzene rings is 2. The molecule has 1 aliphatic rings. The third-order valence-electron chi connectivity index (χ3n) is 4.21. The Morgan fingerprint density at radius 1 is 0.917 bits per heavy atom. The molecule has 0 aliphatic carbocycles. The van der Waals surface area contributed by atoms with Gasteiger partial charge < -0.3 is 10.1 Å². The fraction of sp³-hybridized carbons (Fsp3) is 0.364. The third kappa shape index (κ3) is 5.63. The number of rotatable bonds is 4. The Morgan fingerprint density at radius 2 is 1.42 bits per heavy atom. The molecular weight excluding hydrogens is 294 g/mol. The van der Waals surface area contributed by atoms with Gasteiger partial charge in [-0.3, -0.25) is 0 Å². The Hall–Kier alpha value is -1.90. The van der Waals surface area contributed by atoms with Crippen molar-refractivity contribution in [2.75, 3.05) is 26.3 Å². The van der Waals surface area contributed by atoms with E-state index in [-0.39, 0.29) is 0 Å². The van der Waals surface area contributed by atoms with E-state index in [1.807, 2.05) is 0 Å². The largest absolute Gasteiger partial charge is 0.379 e. The average molecular weight is 323 g/mol. The van der Waals surface area contributed by atoms with Gasteiger partial charge in [-0.2, -0.15) is 0 Å². The van der Waals surface area contributed by atoms with Gasteiger partial charge in [-0.25, -0.2) is 0 Å². The Labute approximate surface area is 146 Å². The summed E-state index contributed by atoms with van der Waals surface area (Å²) in [5.41, 5.74) is 6.28. The molecule has 0 atom stereocenters. The van der Waals surface area contributed by atoms with Crippen LogP contribution in [0.1, 0.15) is 36.1 Å². The van der Waals surface area contributed by atoms with Crippen LogP contribution < -0.4 is 5.32 Å². The van der Waals surface area contributed by atoms with Crippen molar-refractivity contribution >= 4 is 5.57 Å². The zero-order valence-corrected chi connectivity index (χ0v) is 15.0. The van der Waals surface area contributed by atoms with Crippen LogP contribution in [0, 0.1) is 0 Å². The van der Waals surface area contributed by atoms with Crippen LogP contribution in [-0.2, 0) is 17.6 Å². The Balaban J connectivity index is 0.000000292. The van der Waals surface area contributed by atoms with Crippen molar-refractivity contribution in [3.8, 4) is 0 Å². The first-order chi connectivity index (χ1) is 11.7. The highest BCUT2D eigenvalue weighted by molar-refractivity contribution is 5.78. The second-order valence-corrected chi connectivity index (χ2v) is 5.95. The van der Waals surface area contributed by atoms with Crippen LogP contribution >= 0.6 is 0 Å². The maximum absolute atomic E-state index is 5.01. The number of aryl methyl sites for hydroxylation is 2. The molecule has 2 nitrogen and oxygen atoms in total. The highest BCUT2D eigenvalue weighted by Gasteiger charge is 2.03. The van der Waals surface area contributed by atoms with E-state index in [1.54, 1.807) is 0 Å². The normalized spacial score (nSPS) is 13.8. The minimum Gasteiger partial charge on any atom is -0.379 e. The SMILES string of the molecule is C1COCCN1.C=C(c1cccc(CC)c1)c1cccc(CC)c1. The highest BCUT2D eigenvalue weighted by Crippen LogP contribution is 2.23. The quantitative estimate of drug-likeness (QED) is 0.896. The molecule has 1 N–H and O–H groups in total. The summed E-state index contributed by atoms with van der Waals surface area (Å²) in [5, 5.41) is 3.16. The lowest BCUT2D eigenvalue weighted by Crippen LogP contribution is -2.30. The average Bonchev–Trinajstić information content (AvgIpc) is 2.69. The lowest BCUT2D eigenvalue weighted by atomic mass is 9.96. The van der Waals surface area contributed by atoms with Gasteiger partial charge in [0.2, 0.25) is 0 Å². The predicted molar refractivity (Wildman–Crippen MR) is 103 cm³/mol. The van der Waals surface area contributed by atoms with Gasteiger partial charge in [-0.15, -0.1) is 0 Å². The Kier molecular flexibility index (Phi) is 7.73. The smallest absolute Gasteiger partial charge is 0.0591 e. The summed E-state index contributed by atoms with van der Waals surface area (Å²) in [6.45, 7) is 12.4. The molecule has 1 fully saturated rings. The van der Waals surface area contributed by atoms with E-state index >= 15 is 0 Å². The van der Waals surface area contributed by atoms with Gasteiger partial charge >= 0.3 is 0 Å². The second kappa shape index (κ2) is 10.1. The van der Waals surface area contributed by atoms with Gasteiger partial charge in [-0.05, 0) is 40.7 Å². The number of hydrogen-bond acceptors (Lipinski definition) is 2. The Bertz CT molecular complexity index is 583. The standard InChI is InChI=1S/C18H20.C4H9NO/c1-4-15-8-6-10-17(12-15)14(3)18-11-7-9-16(5-2)13-18;1-3-6-4-2-5-1/h6-13H,3-5H2,1-2H3;5H,1-4H2. The lowest BCUT2D eigenvalue weighted by Gasteiger charge is -2.10. The van der Waals surface area contributed by atoms with E-state index in [2.05, 4.69) is 74.3 Å². The first-order valence-corrected chi connectivity index (χ1v) is 8.90. The predicted octanol–water partition coefficient (Wildman–Crippen LogP) is 4.48. The van der Waals surface area contributed by atoms with E-state index in [0.717, 1.165) is 44.7 Å². The van der Waals surface area contributed by atoms with Crippen LogP contribution in [0.4, 0.5) is 0 Å². The van der Waals surface area contributed by atoms with E-state index in [9.17, 15) is 0 Å². The van der Waals surface area contributed by atoms with Crippen molar-refractivity contribution in [3.05, 3.63) is 77.4 Å². The number of ether oxygens (including phenoxy) is 1. The molecule has 1 saturated heterocycles. The molecule has 2 aromatic carbocycles. The van der Waals surface area contributed by atoms with Crippen molar-refractivity contribution in [1.82, 2.24) is 5.32 Å². The van der Waals surface area contributed by atoms with Crippen LogP contribution in [0.3, 0.4) is 0 Å². The summed E-state index contributed by atoms with van der Waals surface area (Å²) in [6, 6.07) is 17.3. The highest BCUT2D eigenvalue weighted by atomic mass is 16.5. The summed E-state index contributed by atoms with van der Waals surface area (Å²) in [7, 11) is 0. The second-order valence-electron chi connectivity index (χ2n) is 5.95. The number of morpholine rings is 1. The van der Waals surface area contributed by atoms with Crippen LogP contribution in [0.25, 0.3) is 5.57 Å². The third-order valence-corrected chi connectivity index (χ3v) is 4.21. The zero-order chi connectivity index (χ0) is 17.2. The lowest BCUT2D eigenvalue weighted by molar-refractivity contribution is 0.109. The molecule has 128 valence electrons. The molecule has 0 amide bonds. The molecule has 24 heavy (non-hydrogen) atoms. The van der Waals surface area contributed by atoms with Gasteiger partial charge in [0, 0.05) is 13.1 Å². The zero-order valence-electron chi connectivity index (χ0n) is 15.0. The fourth-order valence-corrected chi connectivity index (χ4v) is 2.64. The molecule has 1 aliphatic heterocycles. The molecule has 0 bridgehead atoms. The molecule has 2 heteroatoms. The summed E-state index contributed by atoms with van der Waals surface area (Å²) in [6.07, 6.45) is 2.13. The number of nitrogens with one attached hydrogen (secondary N) is 1. The number of hydrogen-bond donors (Lipinski definition) is 1. The molecule has 3 rings (SSSR count). The maximum Gasteiger partial charge on any atom is 0.0591 e. The minimum atomic E-state index is 0.889. The molecular formula is C22H29NO. The van der Waals surface area contributed by atoms with E-state index < -0.39 is 0 Å². The van der Waals surface area contributed by atoms with Gasteiger partial charge in [0.25, 0.3) is 0 Å². The summed E-state index contributed by atoms with van der Waals surface area (Å²) >= 11 is 0. The van der Waals surface area contributed by atoms with Crippen molar-refractivity contribution in [2.45, 2.75) is 26.7 Å². The fourth-order valence-electron chi connectivity index (χ4n) is 2.64. The molecule has 0 spiro atoms. The summed E-state index contributed by atoms with van der Waals surface area (Å²) in [5.74, 6) is 0. The van der Waals surface area contributed by atoms with Gasteiger partial charge in [-0.1, -0.05) is 69.0 Å². The van der Waals surface area contributed by atoms with Crippen molar-refractivity contribution in [1.29, 1.82) is 0 Å². The molecule has 0 radical (unpaired) electrons. The first kappa shape index (κ1) is 18.4. The van der Waals surface area contributed by atoms with E-state index in [1.165, 1.54) is 22.3 Å². The molecule has 0 saturated carbocycles. The summed E-state index contributed by atoms with van der Waals surface area (Å²) < 4.78 is 5.01. The van der Waals surface area contributed by atoms with Crippen LogP contribution in [0.5, 0.6) is 0 Å².